The van der Waals surface area contributed by atoms with E-state index in [2.05, 4.69) is 5.43 Å². The molecule has 2 aromatic rings. The smallest absolute Gasteiger partial charge is 0.339 e. The second kappa shape index (κ2) is 11.4. The number of nitrogens with zero attached hydrogens (tertiary/aromatic N) is 1. The van der Waals surface area contributed by atoms with Crippen LogP contribution >= 0.6 is 0 Å². The Morgan fingerprint density at radius 1 is 0.619 bits per heavy atom. The van der Waals surface area contributed by atoms with Crippen LogP contribution in [-0.2, 0) is 31.2 Å². The van der Waals surface area contributed by atoms with Gasteiger partial charge in [0.25, 0.3) is 11.8 Å². The second-order valence-corrected chi connectivity index (χ2v) is 14.7. The fourth-order valence-corrected chi connectivity index (χ4v) is 4.46. The van der Waals surface area contributed by atoms with Gasteiger partial charge >= 0.3 is 11.8 Å². The van der Waals surface area contributed by atoms with Gasteiger partial charge in [-0.1, -0.05) is 83.1 Å². The number of aromatic hydroxyl groups is 2. The van der Waals surface area contributed by atoms with E-state index in [-0.39, 0.29) is 22.6 Å². The maximum atomic E-state index is 13.9. The van der Waals surface area contributed by atoms with Gasteiger partial charge in [-0.2, -0.15) is 5.01 Å². The van der Waals surface area contributed by atoms with E-state index >= 15 is 0 Å². The average Bonchev–Trinajstić information content (AvgIpc) is 2.83. The summed E-state index contributed by atoms with van der Waals surface area (Å²) in [6.45, 7) is 22.4. The molecule has 0 aliphatic heterocycles. The minimum absolute atomic E-state index is 0.0154. The molecule has 2 rings (SSSR count). The van der Waals surface area contributed by atoms with Gasteiger partial charge in [0, 0.05) is 33.4 Å². The fourth-order valence-electron chi connectivity index (χ4n) is 4.46. The first-order valence-corrected chi connectivity index (χ1v) is 13.8. The Hall–Kier alpha value is -3.92. The van der Waals surface area contributed by atoms with Crippen molar-refractivity contribution in [3.63, 3.8) is 0 Å². The van der Waals surface area contributed by atoms with Gasteiger partial charge in [0.1, 0.15) is 11.5 Å². The Balaban J connectivity index is 2.77. The second-order valence-electron chi connectivity index (χ2n) is 14.7. The van der Waals surface area contributed by atoms with Crippen molar-refractivity contribution in [3.05, 3.63) is 57.6 Å². The van der Waals surface area contributed by atoms with Crippen LogP contribution < -0.4 is 16.7 Å². The minimum atomic E-state index is -1.41. The predicted molar refractivity (Wildman–Crippen MR) is 162 cm³/mol. The van der Waals surface area contributed by atoms with Crippen molar-refractivity contribution in [1.29, 1.82) is 0 Å². The van der Waals surface area contributed by atoms with Crippen LogP contribution in [0, 0.1) is 0 Å². The first-order chi connectivity index (χ1) is 18.8. The quantitative estimate of drug-likeness (QED) is 0.150. The highest BCUT2D eigenvalue weighted by molar-refractivity contribution is 6.38. The Kier molecular flexibility index (Phi) is 9.30. The molecule has 0 aliphatic carbocycles. The molecule has 0 atom stereocenters. The molecule has 0 saturated carbocycles. The topological polar surface area (TPSA) is 162 Å². The molecule has 4 amide bonds. The predicted octanol–water partition coefficient (Wildman–Crippen LogP) is 4.59. The lowest BCUT2D eigenvalue weighted by Crippen LogP contribution is -2.55. The lowest BCUT2D eigenvalue weighted by molar-refractivity contribution is -0.145. The monoisotopic (exact) mass is 582 g/mol. The molecule has 0 bridgehead atoms. The molecule has 0 fully saturated rings. The molecular weight excluding hydrogens is 536 g/mol. The molecule has 0 saturated heterocycles. The van der Waals surface area contributed by atoms with E-state index in [1.165, 1.54) is 24.3 Å². The molecule has 42 heavy (non-hydrogen) atoms. The zero-order chi connectivity index (χ0) is 32.7. The molecule has 6 N–H and O–H groups in total. The van der Waals surface area contributed by atoms with Gasteiger partial charge in [-0.05, 0) is 45.9 Å². The van der Waals surface area contributed by atoms with Crippen LogP contribution in [0.5, 0.6) is 11.5 Å². The van der Waals surface area contributed by atoms with Crippen LogP contribution in [0.25, 0.3) is 0 Å². The molecule has 10 nitrogen and oxygen atoms in total. The summed E-state index contributed by atoms with van der Waals surface area (Å²) in [7, 11) is 0. The molecule has 230 valence electrons. The van der Waals surface area contributed by atoms with E-state index in [9.17, 15) is 29.4 Å². The Labute approximate surface area is 248 Å². The summed E-state index contributed by atoms with van der Waals surface area (Å²) in [5.41, 5.74) is 3.62. The molecule has 0 unspecified atom stereocenters. The van der Waals surface area contributed by atoms with E-state index in [1.807, 2.05) is 83.1 Å². The summed E-state index contributed by atoms with van der Waals surface area (Å²) in [6, 6.07) is 5.86. The van der Waals surface area contributed by atoms with E-state index < -0.39 is 45.3 Å². The van der Waals surface area contributed by atoms with Crippen molar-refractivity contribution >= 4 is 23.6 Å². The number of hydrazine groups is 2. The number of carbonyl (C=O) groups is 4. The number of phenolic OH excluding ortho intramolecular Hbond substituents is 2. The van der Waals surface area contributed by atoms with Crippen molar-refractivity contribution in [3.8, 4) is 11.5 Å². The molecule has 10 heteroatoms. The molecule has 0 heterocycles. The van der Waals surface area contributed by atoms with Gasteiger partial charge in [0.05, 0.1) is 0 Å². The van der Waals surface area contributed by atoms with Crippen molar-refractivity contribution < 1.29 is 29.4 Å². The summed E-state index contributed by atoms with van der Waals surface area (Å²) in [5.74, 6) is 0.658. The first kappa shape index (κ1) is 34.3. The first-order valence-electron chi connectivity index (χ1n) is 13.8. The van der Waals surface area contributed by atoms with Crippen molar-refractivity contribution in [2.75, 3.05) is 0 Å². The summed E-state index contributed by atoms with van der Waals surface area (Å²) in [6.07, 6.45) is 0. The van der Waals surface area contributed by atoms with Gasteiger partial charge in [0.2, 0.25) is 0 Å². The van der Waals surface area contributed by atoms with Crippen LogP contribution in [-0.4, -0.2) is 38.9 Å². The highest BCUT2D eigenvalue weighted by Crippen LogP contribution is 2.41. The number of nitrogens with two attached hydrogens (primary N) is 1. The number of nitrogens with one attached hydrogen (secondary N) is 2. The normalized spacial score (nSPS) is 12.5. The van der Waals surface area contributed by atoms with Crippen molar-refractivity contribution in [2.24, 2.45) is 5.84 Å². The molecule has 0 spiro atoms. The maximum Gasteiger partial charge on any atom is 0.339 e. The molecule has 0 aliphatic rings. The molecule has 0 aromatic heterocycles. The maximum absolute atomic E-state index is 13.9. The summed E-state index contributed by atoms with van der Waals surface area (Å²) < 4.78 is 0. The van der Waals surface area contributed by atoms with E-state index in [0.29, 0.717) is 27.3 Å². The van der Waals surface area contributed by atoms with Crippen LogP contribution in [0.4, 0.5) is 0 Å². The van der Waals surface area contributed by atoms with Gasteiger partial charge in [-0.25, -0.2) is 5.84 Å². The largest absolute Gasteiger partial charge is 0.507 e. The number of hydrogen-bond donors (Lipinski definition) is 5. The van der Waals surface area contributed by atoms with Crippen molar-refractivity contribution in [2.45, 2.75) is 105 Å². The minimum Gasteiger partial charge on any atom is -0.507 e. The SMILES string of the molecule is CC(C)(C)c1cc(C(=O)NN(C(=O)C(=O)NN)C(=O)c2cc(C(C)(C)C)c(O)c(C(C)(C)C)c2)cc(C(C)(C)C)c1O. The third-order valence-corrected chi connectivity index (χ3v) is 6.91. The number of phenols is 2. The Morgan fingerprint density at radius 3 is 1.21 bits per heavy atom. The van der Waals surface area contributed by atoms with Crippen LogP contribution in [0.2, 0.25) is 0 Å². The molecule has 2 aromatic carbocycles. The Morgan fingerprint density at radius 2 is 0.929 bits per heavy atom. The zero-order valence-electron chi connectivity index (χ0n) is 26.9. The van der Waals surface area contributed by atoms with Gasteiger partial charge in [-0.15, -0.1) is 0 Å². The number of amides is 4. The number of imide groups is 1. The standard InChI is InChI=1S/C32H46N4O6/c1-29(2,3)19-13-17(14-20(23(19)37)30(4,5)6)25(39)35-36(28(42)26(40)34-33)27(41)18-15-21(31(7,8)9)24(38)22(16-18)32(10,11)12/h13-16,37-38H,33H2,1-12H3,(H,34,40)(H,35,39). The van der Waals surface area contributed by atoms with Gasteiger partial charge in [0.15, 0.2) is 0 Å². The van der Waals surface area contributed by atoms with Gasteiger partial charge in [-0.3, -0.25) is 30.0 Å². The van der Waals surface area contributed by atoms with Crippen molar-refractivity contribution in [1.82, 2.24) is 15.9 Å². The third kappa shape index (κ3) is 7.28. The highest BCUT2D eigenvalue weighted by atomic mass is 16.3. The van der Waals surface area contributed by atoms with E-state index in [4.69, 9.17) is 5.84 Å². The fraction of sp³-hybridized carbons (Fsp3) is 0.500. The summed E-state index contributed by atoms with van der Waals surface area (Å²) >= 11 is 0. The summed E-state index contributed by atoms with van der Waals surface area (Å²) in [4.78, 5) is 53.0. The van der Waals surface area contributed by atoms with Gasteiger partial charge < -0.3 is 10.2 Å². The molecular formula is C32H46N4O6. The lowest BCUT2D eigenvalue weighted by Gasteiger charge is -2.29. The average molecular weight is 583 g/mol. The number of benzene rings is 2. The zero-order valence-corrected chi connectivity index (χ0v) is 26.9. The van der Waals surface area contributed by atoms with Crippen LogP contribution in [0.15, 0.2) is 24.3 Å². The van der Waals surface area contributed by atoms with Crippen LogP contribution in [0.3, 0.4) is 0 Å². The van der Waals surface area contributed by atoms with Crippen LogP contribution in [0.1, 0.15) is 126 Å². The molecule has 0 radical (unpaired) electrons. The number of rotatable bonds is 2. The number of carbonyl (C=O) groups excluding carboxylic acids is 4. The number of hydrogen-bond acceptors (Lipinski definition) is 7. The summed E-state index contributed by atoms with van der Waals surface area (Å²) in [5, 5.41) is 22.4. The highest BCUT2D eigenvalue weighted by Gasteiger charge is 2.35. The Bertz CT molecular complexity index is 1350. The third-order valence-electron chi connectivity index (χ3n) is 6.91. The lowest BCUT2D eigenvalue weighted by atomic mass is 9.78. The van der Waals surface area contributed by atoms with E-state index in [0.717, 1.165) is 0 Å². The van der Waals surface area contributed by atoms with E-state index in [1.54, 1.807) is 5.43 Å².